The van der Waals surface area contributed by atoms with Gasteiger partial charge in [-0.1, -0.05) is 12.1 Å². The van der Waals surface area contributed by atoms with Crippen molar-refractivity contribution in [3.05, 3.63) is 54.1 Å². The molecule has 0 aliphatic carbocycles. The highest BCUT2D eigenvalue weighted by atomic mass is 16.2. The first-order valence-corrected chi connectivity index (χ1v) is 11.4. The summed E-state index contributed by atoms with van der Waals surface area (Å²) in [6, 6.07) is 15.7. The summed E-state index contributed by atoms with van der Waals surface area (Å²) in [7, 11) is 0. The van der Waals surface area contributed by atoms with Crippen molar-refractivity contribution in [1.29, 1.82) is 0 Å². The highest BCUT2D eigenvalue weighted by Gasteiger charge is 2.20. The molecule has 1 unspecified atom stereocenters. The van der Waals surface area contributed by atoms with Gasteiger partial charge in [-0.3, -0.25) is 9.59 Å². The van der Waals surface area contributed by atoms with Gasteiger partial charge in [-0.05, 0) is 74.6 Å². The van der Waals surface area contributed by atoms with Gasteiger partial charge < -0.3 is 20.4 Å². The van der Waals surface area contributed by atoms with Gasteiger partial charge in [0.15, 0.2) is 0 Å². The molecule has 2 fully saturated rings. The summed E-state index contributed by atoms with van der Waals surface area (Å²) < 4.78 is 0. The first-order valence-electron chi connectivity index (χ1n) is 11.4. The molecule has 31 heavy (non-hydrogen) atoms. The largest absolute Gasteiger partial charge is 0.374 e. The molecular formula is C25H32N4O2. The van der Waals surface area contributed by atoms with Gasteiger partial charge in [0.25, 0.3) is 0 Å². The fraction of sp³-hybridized carbons (Fsp3) is 0.440. The lowest BCUT2D eigenvalue weighted by Gasteiger charge is -2.28. The Morgan fingerprint density at radius 3 is 2.23 bits per heavy atom. The molecule has 2 N–H and O–H groups in total. The van der Waals surface area contributed by atoms with Gasteiger partial charge in [-0.15, -0.1) is 0 Å². The molecule has 2 aromatic rings. The molecule has 2 amide bonds. The molecule has 2 aromatic carbocycles. The van der Waals surface area contributed by atoms with Crippen LogP contribution in [0.4, 0.5) is 17.1 Å². The minimum absolute atomic E-state index is 0.0718. The smallest absolute Gasteiger partial charge is 0.246 e. The van der Waals surface area contributed by atoms with Crippen LogP contribution in [-0.4, -0.2) is 42.4 Å². The van der Waals surface area contributed by atoms with Crippen LogP contribution in [0.1, 0.15) is 44.6 Å². The van der Waals surface area contributed by atoms with E-state index in [9.17, 15) is 9.59 Å². The zero-order valence-electron chi connectivity index (χ0n) is 18.3. The summed E-state index contributed by atoms with van der Waals surface area (Å²) in [6.45, 7) is 5.57. The molecule has 164 valence electrons. The van der Waals surface area contributed by atoms with Crippen molar-refractivity contribution >= 4 is 28.9 Å². The second kappa shape index (κ2) is 9.86. The maximum absolute atomic E-state index is 12.6. The van der Waals surface area contributed by atoms with Crippen molar-refractivity contribution in [2.24, 2.45) is 0 Å². The van der Waals surface area contributed by atoms with Crippen molar-refractivity contribution in [1.82, 2.24) is 4.90 Å². The number of carbonyl (C=O) groups is 2. The number of nitrogens with zero attached hydrogens (tertiary/aromatic N) is 2. The SMILES string of the molecule is CC(Nc1ccc(CN2CCCC2=O)cc1)C(=O)Nc1ccc(N2CCCCC2)cc1. The van der Waals surface area contributed by atoms with E-state index in [4.69, 9.17) is 0 Å². The molecule has 2 aliphatic rings. The second-order valence-electron chi connectivity index (χ2n) is 8.57. The van der Waals surface area contributed by atoms with Crippen molar-refractivity contribution in [3.63, 3.8) is 0 Å². The highest BCUT2D eigenvalue weighted by Crippen LogP contribution is 2.22. The van der Waals surface area contributed by atoms with Crippen LogP contribution in [-0.2, 0) is 16.1 Å². The molecule has 6 nitrogen and oxygen atoms in total. The third kappa shape index (κ3) is 5.57. The number of carbonyl (C=O) groups excluding carboxylic acids is 2. The summed E-state index contributed by atoms with van der Waals surface area (Å²) in [5, 5.41) is 6.25. The van der Waals surface area contributed by atoms with Crippen LogP contribution in [0.25, 0.3) is 0 Å². The Labute approximate surface area is 184 Å². The minimum Gasteiger partial charge on any atom is -0.374 e. The van der Waals surface area contributed by atoms with E-state index in [0.29, 0.717) is 13.0 Å². The lowest BCUT2D eigenvalue weighted by Crippen LogP contribution is -2.32. The zero-order valence-corrected chi connectivity index (χ0v) is 18.3. The van der Waals surface area contributed by atoms with Crippen LogP contribution in [0.15, 0.2) is 48.5 Å². The number of nitrogens with one attached hydrogen (secondary N) is 2. The van der Waals surface area contributed by atoms with Crippen LogP contribution in [0.2, 0.25) is 0 Å². The molecule has 6 heteroatoms. The predicted molar refractivity (Wildman–Crippen MR) is 125 cm³/mol. The molecule has 0 aromatic heterocycles. The van der Waals surface area contributed by atoms with Crippen molar-refractivity contribution in [2.45, 2.75) is 51.6 Å². The Bertz CT molecular complexity index is 889. The molecule has 0 bridgehead atoms. The van der Waals surface area contributed by atoms with E-state index in [1.165, 1.54) is 24.9 Å². The number of amides is 2. The summed E-state index contributed by atoms with van der Waals surface area (Å²) in [4.78, 5) is 28.7. The van der Waals surface area contributed by atoms with E-state index in [1.807, 2.05) is 48.2 Å². The van der Waals surface area contributed by atoms with Gasteiger partial charge in [0.2, 0.25) is 11.8 Å². The summed E-state index contributed by atoms with van der Waals surface area (Å²) >= 11 is 0. The number of hydrogen-bond acceptors (Lipinski definition) is 4. The Balaban J connectivity index is 1.27. The zero-order chi connectivity index (χ0) is 21.6. The molecule has 2 saturated heterocycles. The molecule has 0 radical (unpaired) electrons. The average Bonchev–Trinajstić information content (AvgIpc) is 3.20. The van der Waals surface area contributed by atoms with Crippen LogP contribution in [0, 0.1) is 0 Å². The maximum Gasteiger partial charge on any atom is 0.246 e. The van der Waals surface area contributed by atoms with Crippen LogP contribution >= 0.6 is 0 Å². The third-order valence-electron chi connectivity index (χ3n) is 6.13. The van der Waals surface area contributed by atoms with E-state index in [1.54, 1.807) is 0 Å². The van der Waals surface area contributed by atoms with Gasteiger partial charge in [-0.25, -0.2) is 0 Å². The van der Waals surface area contributed by atoms with Gasteiger partial charge >= 0.3 is 0 Å². The lowest BCUT2D eigenvalue weighted by molar-refractivity contribution is -0.128. The van der Waals surface area contributed by atoms with Gasteiger partial charge in [-0.2, -0.15) is 0 Å². The number of piperidine rings is 1. The molecule has 2 heterocycles. The monoisotopic (exact) mass is 420 g/mol. The van der Waals surface area contributed by atoms with Crippen LogP contribution in [0.5, 0.6) is 0 Å². The Kier molecular flexibility index (Phi) is 6.75. The Hall–Kier alpha value is -3.02. The standard InChI is InChI=1S/C25H32N4O2/c1-19(26-21-9-7-20(8-10-21)18-29-17-5-6-24(29)30)25(31)27-22-11-13-23(14-12-22)28-15-3-2-4-16-28/h7-14,19,26H,2-6,15-18H2,1H3,(H,27,31). The van der Waals surface area contributed by atoms with E-state index < -0.39 is 0 Å². The molecule has 4 rings (SSSR count). The Morgan fingerprint density at radius 1 is 0.903 bits per heavy atom. The molecule has 1 atom stereocenters. The summed E-state index contributed by atoms with van der Waals surface area (Å²) in [6.07, 6.45) is 5.42. The van der Waals surface area contributed by atoms with Crippen molar-refractivity contribution < 1.29 is 9.59 Å². The van der Waals surface area contributed by atoms with Gasteiger partial charge in [0, 0.05) is 49.7 Å². The summed E-state index contributed by atoms with van der Waals surface area (Å²) in [5.74, 6) is 0.161. The highest BCUT2D eigenvalue weighted by molar-refractivity contribution is 5.96. The predicted octanol–water partition coefficient (Wildman–Crippen LogP) is 4.24. The third-order valence-corrected chi connectivity index (χ3v) is 6.13. The number of rotatable bonds is 7. The van der Waals surface area contributed by atoms with Crippen LogP contribution in [0.3, 0.4) is 0 Å². The van der Waals surface area contributed by atoms with Crippen molar-refractivity contribution in [3.8, 4) is 0 Å². The normalized spacial score (nSPS) is 17.5. The maximum atomic E-state index is 12.6. The molecule has 2 aliphatic heterocycles. The van der Waals surface area contributed by atoms with E-state index in [0.717, 1.165) is 43.0 Å². The fourth-order valence-corrected chi connectivity index (χ4v) is 4.27. The quantitative estimate of drug-likeness (QED) is 0.703. The van der Waals surface area contributed by atoms with E-state index in [-0.39, 0.29) is 17.9 Å². The number of benzene rings is 2. The topological polar surface area (TPSA) is 64.7 Å². The van der Waals surface area contributed by atoms with Gasteiger partial charge in [0.1, 0.15) is 6.04 Å². The van der Waals surface area contributed by atoms with Crippen LogP contribution < -0.4 is 15.5 Å². The molecular weight excluding hydrogens is 388 g/mol. The number of anilines is 3. The summed E-state index contributed by atoms with van der Waals surface area (Å²) in [5.41, 5.74) is 4.02. The first-order chi connectivity index (χ1) is 15.1. The molecule has 0 saturated carbocycles. The van der Waals surface area contributed by atoms with Crippen molar-refractivity contribution in [2.75, 3.05) is 35.2 Å². The number of likely N-dealkylation sites (tertiary alicyclic amines) is 1. The lowest BCUT2D eigenvalue weighted by atomic mass is 10.1. The average molecular weight is 421 g/mol. The Morgan fingerprint density at radius 2 is 1.58 bits per heavy atom. The second-order valence-corrected chi connectivity index (χ2v) is 8.57. The first kappa shape index (κ1) is 21.2. The minimum atomic E-state index is -0.368. The number of hydrogen-bond donors (Lipinski definition) is 2. The molecule has 0 spiro atoms. The fourth-order valence-electron chi connectivity index (χ4n) is 4.27. The van der Waals surface area contributed by atoms with E-state index >= 15 is 0 Å². The van der Waals surface area contributed by atoms with E-state index in [2.05, 4.69) is 27.7 Å². The van der Waals surface area contributed by atoms with Gasteiger partial charge in [0.05, 0.1) is 0 Å².